The molecule has 0 spiro atoms. The van der Waals surface area contributed by atoms with Crippen molar-refractivity contribution in [3.05, 3.63) is 72.9 Å². The summed E-state index contributed by atoms with van der Waals surface area (Å²) in [4.78, 5) is 28.5. The smallest absolute Gasteiger partial charge is 0.253 e. The van der Waals surface area contributed by atoms with Gasteiger partial charge in [-0.3, -0.25) is 9.59 Å². The average Bonchev–Trinajstić information content (AvgIpc) is 2.80. The highest BCUT2D eigenvalue weighted by Crippen LogP contribution is 2.08. The van der Waals surface area contributed by atoms with E-state index in [0.717, 1.165) is 6.42 Å². The molecule has 1 aromatic rings. The van der Waals surface area contributed by atoms with E-state index < -0.39 is 0 Å². The van der Waals surface area contributed by atoms with Crippen LogP contribution in [0.25, 0.3) is 0 Å². The molecule has 1 aromatic carbocycles. The molecule has 162 valence electrons. The number of carbonyl (C=O) groups excluding carboxylic acids is 2. The molecule has 0 unspecified atom stereocenters. The first-order valence-corrected chi connectivity index (χ1v) is 10.7. The summed E-state index contributed by atoms with van der Waals surface area (Å²) in [5, 5.41) is 0. The second-order valence-electron chi connectivity index (χ2n) is 5.55. The van der Waals surface area contributed by atoms with Gasteiger partial charge in [0, 0.05) is 37.3 Å². The maximum absolute atomic E-state index is 12.5. The van der Waals surface area contributed by atoms with Crippen LogP contribution in [0.1, 0.15) is 58.3 Å². The molecule has 2 amide bonds. The first-order chi connectivity index (χ1) is 14.1. The molecule has 29 heavy (non-hydrogen) atoms. The maximum Gasteiger partial charge on any atom is 0.253 e. The van der Waals surface area contributed by atoms with Crippen LogP contribution in [0.3, 0.4) is 0 Å². The second kappa shape index (κ2) is 18.7. The zero-order valence-electron chi connectivity index (χ0n) is 19.3. The van der Waals surface area contributed by atoms with Crippen LogP contribution in [0.5, 0.6) is 0 Å². The minimum Gasteiger partial charge on any atom is -0.339 e. The molecule has 0 fully saturated rings. The maximum atomic E-state index is 12.5. The Morgan fingerprint density at radius 1 is 0.897 bits per heavy atom. The fourth-order valence-corrected chi connectivity index (χ4v) is 2.56. The van der Waals surface area contributed by atoms with Crippen LogP contribution in [-0.2, 0) is 4.79 Å². The predicted molar refractivity (Wildman–Crippen MR) is 126 cm³/mol. The largest absolute Gasteiger partial charge is 0.339 e. The van der Waals surface area contributed by atoms with Crippen LogP contribution in [-0.4, -0.2) is 47.8 Å². The molecule has 0 aliphatic rings. The highest BCUT2D eigenvalue weighted by atomic mass is 16.2. The van der Waals surface area contributed by atoms with Crippen molar-refractivity contribution in [2.24, 2.45) is 0 Å². The van der Waals surface area contributed by atoms with E-state index in [1.54, 1.807) is 23.1 Å². The molecule has 0 saturated carbocycles. The van der Waals surface area contributed by atoms with Crippen LogP contribution in [0.2, 0.25) is 0 Å². The van der Waals surface area contributed by atoms with E-state index in [0.29, 0.717) is 37.3 Å². The summed E-state index contributed by atoms with van der Waals surface area (Å²) in [6, 6.07) is 9.26. The quantitative estimate of drug-likeness (QED) is 0.371. The van der Waals surface area contributed by atoms with Crippen LogP contribution < -0.4 is 0 Å². The van der Waals surface area contributed by atoms with Gasteiger partial charge in [-0.1, -0.05) is 77.3 Å². The Bertz CT molecular complexity index is 621. The molecular weight excluding hydrogens is 360 g/mol. The van der Waals surface area contributed by atoms with Crippen molar-refractivity contribution in [2.45, 2.75) is 48.0 Å². The molecule has 0 N–H and O–H groups in total. The van der Waals surface area contributed by atoms with Crippen molar-refractivity contribution >= 4 is 11.8 Å². The van der Waals surface area contributed by atoms with E-state index in [1.165, 1.54) is 0 Å². The van der Waals surface area contributed by atoms with E-state index in [1.807, 2.05) is 76.8 Å². The lowest BCUT2D eigenvalue weighted by Gasteiger charge is -2.25. The number of hydrogen-bond acceptors (Lipinski definition) is 2. The first kappa shape index (κ1) is 28.6. The van der Waals surface area contributed by atoms with Crippen LogP contribution in [0.4, 0.5) is 0 Å². The zero-order valence-corrected chi connectivity index (χ0v) is 19.3. The van der Waals surface area contributed by atoms with Crippen molar-refractivity contribution in [1.82, 2.24) is 9.80 Å². The Morgan fingerprint density at radius 3 is 1.86 bits per heavy atom. The Morgan fingerprint density at radius 2 is 1.41 bits per heavy atom. The number of rotatable bonds is 10. The topological polar surface area (TPSA) is 40.6 Å². The molecule has 4 nitrogen and oxygen atoms in total. The summed E-state index contributed by atoms with van der Waals surface area (Å²) < 4.78 is 0. The van der Waals surface area contributed by atoms with Gasteiger partial charge < -0.3 is 9.80 Å². The van der Waals surface area contributed by atoms with Gasteiger partial charge in [0.15, 0.2) is 0 Å². The van der Waals surface area contributed by atoms with Crippen LogP contribution in [0.15, 0.2) is 67.3 Å². The average molecular weight is 401 g/mol. The molecular formula is C25H40N2O2. The molecule has 4 heteroatoms. The fraction of sp³-hybridized carbons (Fsp3) is 0.440. The number of likely N-dealkylation sites (N-methyl/N-ethyl adjacent to an activating group) is 1. The number of amides is 2. The zero-order chi connectivity index (χ0) is 22.7. The number of hydrogen-bond donors (Lipinski definition) is 0. The Kier molecular flexibility index (Phi) is 18.5. The Hall–Kier alpha value is -2.62. The minimum absolute atomic E-state index is 0.0239. The standard InChI is InChI=1S/C21H28N2O2.2C2H6/c1-5-13-18(6-2)20(24)22(7-3)16-12-17-23(8-4)21(25)19-14-10-9-11-15-19;2*1-2/h5-6,9-11,13-15H,1-2,7-8,12,16-17H2,3-4H3;2*1-2H3/b18-13+;;. The van der Waals surface area contributed by atoms with Crippen LogP contribution in [0, 0.1) is 0 Å². The van der Waals surface area contributed by atoms with Crippen molar-refractivity contribution in [3.8, 4) is 0 Å². The first-order valence-electron chi connectivity index (χ1n) is 10.7. The summed E-state index contributed by atoms with van der Waals surface area (Å²) in [5.41, 5.74) is 1.22. The highest BCUT2D eigenvalue weighted by molar-refractivity contribution is 5.96. The van der Waals surface area contributed by atoms with Gasteiger partial charge in [0.2, 0.25) is 0 Å². The van der Waals surface area contributed by atoms with Crippen LogP contribution >= 0.6 is 0 Å². The molecule has 0 saturated heterocycles. The predicted octanol–water partition coefficient (Wildman–Crippen LogP) is 5.74. The van der Waals surface area contributed by atoms with E-state index in [9.17, 15) is 9.59 Å². The van der Waals surface area contributed by atoms with Gasteiger partial charge in [0.25, 0.3) is 11.8 Å². The summed E-state index contributed by atoms with van der Waals surface area (Å²) in [7, 11) is 0. The van der Waals surface area contributed by atoms with E-state index in [4.69, 9.17) is 0 Å². The molecule has 0 aliphatic heterocycles. The third-order valence-electron chi connectivity index (χ3n) is 3.98. The van der Waals surface area contributed by atoms with Gasteiger partial charge in [0.1, 0.15) is 0 Å². The monoisotopic (exact) mass is 400 g/mol. The third kappa shape index (κ3) is 10.5. The summed E-state index contributed by atoms with van der Waals surface area (Å²) in [5.74, 6) is -0.0364. The molecule has 0 heterocycles. The van der Waals surface area contributed by atoms with E-state index in [-0.39, 0.29) is 11.8 Å². The third-order valence-corrected chi connectivity index (χ3v) is 3.98. The lowest BCUT2D eigenvalue weighted by molar-refractivity contribution is -0.126. The van der Waals surface area contributed by atoms with Gasteiger partial charge >= 0.3 is 0 Å². The molecule has 0 aromatic heterocycles. The number of carbonyl (C=O) groups is 2. The van der Waals surface area contributed by atoms with Crippen molar-refractivity contribution in [3.63, 3.8) is 0 Å². The lowest BCUT2D eigenvalue weighted by atomic mass is 10.2. The number of benzene rings is 1. The lowest BCUT2D eigenvalue weighted by Crippen LogP contribution is -2.36. The Labute approximate surface area is 178 Å². The second-order valence-corrected chi connectivity index (χ2v) is 5.55. The summed E-state index contributed by atoms with van der Waals surface area (Å²) in [6.07, 6.45) is 5.52. The van der Waals surface area contributed by atoms with Crippen molar-refractivity contribution in [1.29, 1.82) is 0 Å². The van der Waals surface area contributed by atoms with Crippen molar-refractivity contribution < 1.29 is 9.59 Å². The Balaban J connectivity index is 0. The molecule has 0 bridgehead atoms. The van der Waals surface area contributed by atoms with Crippen molar-refractivity contribution in [2.75, 3.05) is 26.2 Å². The molecule has 0 radical (unpaired) electrons. The normalized spacial score (nSPS) is 9.79. The fourth-order valence-electron chi connectivity index (χ4n) is 2.56. The summed E-state index contributed by atoms with van der Waals surface area (Å²) >= 11 is 0. The number of nitrogens with zero attached hydrogens (tertiary/aromatic N) is 2. The van der Waals surface area contributed by atoms with E-state index in [2.05, 4.69) is 13.2 Å². The van der Waals surface area contributed by atoms with Gasteiger partial charge in [0.05, 0.1) is 0 Å². The SMILES string of the molecule is C=C/C=C(\C=C)C(=O)N(CC)CCCN(CC)C(=O)c1ccccc1.CC.CC. The molecule has 1 rings (SSSR count). The van der Waals surface area contributed by atoms with Gasteiger partial charge in [-0.25, -0.2) is 0 Å². The van der Waals surface area contributed by atoms with Gasteiger partial charge in [-0.05, 0) is 32.4 Å². The summed E-state index contributed by atoms with van der Waals surface area (Å²) in [6.45, 7) is 21.7. The minimum atomic E-state index is -0.0603. The highest BCUT2D eigenvalue weighted by Gasteiger charge is 2.16. The molecule has 0 aliphatic carbocycles. The molecule has 0 atom stereocenters. The number of allylic oxidation sites excluding steroid dienone is 2. The van der Waals surface area contributed by atoms with Gasteiger partial charge in [-0.2, -0.15) is 0 Å². The van der Waals surface area contributed by atoms with E-state index >= 15 is 0 Å². The van der Waals surface area contributed by atoms with Gasteiger partial charge in [-0.15, -0.1) is 0 Å².